The number of fused-ring (bicyclic) bond motifs is 1. The predicted octanol–water partition coefficient (Wildman–Crippen LogP) is 4.60. The number of nitrogens with one attached hydrogen (secondary N) is 2. The van der Waals surface area contributed by atoms with Gasteiger partial charge in [-0.1, -0.05) is 36.0 Å². The molecule has 0 fully saturated rings. The van der Waals surface area contributed by atoms with Crippen molar-refractivity contribution in [2.24, 2.45) is 0 Å². The predicted molar refractivity (Wildman–Crippen MR) is 140 cm³/mol. The molecule has 184 valence electrons. The highest BCUT2D eigenvalue weighted by atomic mass is 32.2. The monoisotopic (exact) mass is 503 g/mol. The number of nitro benzene ring substituents is 1. The fourth-order valence-electron chi connectivity index (χ4n) is 4.67. The minimum atomic E-state index is -0.481. The first kappa shape index (κ1) is 23.8. The van der Waals surface area contributed by atoms with Crippen LogP contribution in [0.5, 0.6) is 0 Å². The molecule has 1 aliphatic heterocycles. The molecule has 2 N–H and O–H groups in total. The fraction of sp³-hybridized carbons (Fsp3) is 0.269. The molecule has 0 amide bonds. The molecule has 0 radical (unpaired) electrons. The Balaban J connectivity index is 1.50. The first-order chi connectivity index (χ1) is 17.3. The molecule has 9 nitrogen and oxygen atoms in total. The van der Waals surface area contributed by atoms with Gasteiger partial charge in [-0.3, -0.25) is 19.7 Å². The summed E-state index contributed by atoms with van der Waals surface area (Å²) in [6.07, 6.45) is 1.96. The summed E-state index contributed by atoms with van der Waals surface area (Å²) >= 11 is 1.34. The Morgan fingerprint density at radius 2 is 1.81 bits per heavy atom. The number of hydrogen-bond acceptors (Lipinski definition) is 8. The number of carbonyl (C=O) groups excluding carboxylic acids is 1. The normalized spacial score (nSPS) is 16.7. The lowest BCUT2D eigenvalue weighted by Crippen LogP contribution is -2.32. The maximum atomic E-state index is 13.4. The molecule has 10 heteroatoms. The van der Waals surface area contributed by atoms with Gasteiger partial charge in [0.2, 0.25) is 0 Å². The summed E-state index contributed by atoms with van der Waals surface area (Å²) in [5.74, 6) is 0.541. The standard InChI is InChI=1S/C26H25N5O4S/c1-30(2)17-12-8-16(9-13-17)21-22-19(4-3-5-20(22)32)27-24-23(21)25(33)29-26(28-24)36-14-15-6-10-18(11-7-15)31(34)35/h6-13,21H,3-5,14H2,1-2H3,(H2,27,28,29,33)/t21-/m0/s1. The number of aromatic amines is 1. The van der Waals surface area contributed by atoms with Crippen LogP contribution < -0.4 is 15.8 Å². The van der Waals surface area contributed by atoms with Crippen molar-refractivity contribution < 1.29 is 9.72 Å². The lowest BCUT2D eigenvalue weighted by atomic mass is 9.76. The summed E-state index contributed by atoms with van der Waals surface area (Å²) in [4.78, 5) is 46.4. The van der Waals surface area contributed by atoms with E-state index in [0.717, 1.165) is 35.4 Å². The molecule has 5 rings (SSSR count). The molecule has 1 aliphatic carbocycles. The van der Waals surface area contributed by atoms with E-state index in [-0.39, 0.29) is 17.0 Å². The molecule has 1 aromatic heterocycles. The van der Waals surface area contributed by atoms with Gasteiger partial charge in [-0.15, -0.1) is 0 Å². The van der Waals surface area contributed by atoms with Crippen molar-refractivity contribution in [3.63, 3.8) is 0 Å². The lowest BCUT2D eigenvalue weighted by Gasteiger charge is -2.33. The SMILES string of the molecule is CN(C)c1ccc([C@H]2C3=C(CCCC3=O)Nc3nc(SCc4ccc([N+](=O)[O-])cc4)[nH]c(=O)c32)cc1. The zero-order chi connectivity index (χ0) is 25.4. The summed E-state index contributed by atoms with van der Waals surface area (Å²) in [5, 5.41) is 14.6. The smallest absolute Gasteiger partial charge is 0.269 e. The summed E-state index contributed by atoms with van der Waals surface area (Å²) in [6.45, 7) is 0. The van der Waals surface area contributed by atoms with E-state index in [1.165, 1.54) is 23.9 Å². The Hall–Kier alpha value is -3.92. The third-order valence-electron chi connectivity index (χ3n) is 6.50. The van der Waals surface area contributed by atoms with E-state index in [1.54, 1.807) is 12.1 Å². The van der Waals surface area contributed by atoms with Crippen LogP contribution in [0, 0.1) is 10.1 Å². The average molecular weight is 504 g/mol. The van der Waals surface area contributed by atoms with Crippen LogP contribution in [-0.4, -0.2) is 34.8 Å². The lowest BCUT2D eigenvalue weighted by molar-refractivity contribution is -0.384. The summed E-state index contributed by atoms with van der Waals surface area (Å²) in [6, 6.07) is 14.2. The van der Waals surface area contributed by atoms with Gasteiger partial charge in [0.05, 0.1) is 10.5 Å². The van der Waals surface area contributed by atoms with Gasteiger partial charge < -0.3 is 15.2 Å². The molecule has 2 heterocycles. The van der Waals surface area contributed by atoms with E-state index in [1.807, 2.05) is 43.3 Å². The van der Waals surface area contributed by atoms with E-state index < -0.39 is 10.8 Å². The zero-order valence-electron chi connectivity index (χ0n) is 19.9. The summed E-state index contributed by atoms with van der Waals surface area (Å²) in [5.41, 5.74) is 4.47. The molecule has 2 aliphatic rings. The molecule has 0 unspecified atom stereocenters. The van der Waals surface area contributed by atoms with Crippen LogP contribution in [0.15, 0.2) is 69.8 Å². The van der Waals surface area contributed by atoms with Gasteiger partial charge in [-0.25, -0.2) is 4.98 Å². The molecular weight excluding hydrogens is 478 g/mol. The number of anilines is 2. The highest BCUT2D eigenvalue weighted by Gasteiger charge is 2.37. The maximum absolute atomic E-state index is 13.4. The Labute approximate surface area is 211 Å². The van der Waals surface area contributed by atoms with E-state index in [9.17, 15) is 19.7 Å². The van der Waals surface area contributed by atoms with Gasteiger partial charge in [-0.05, 0) is 36.1 Å². The molecule has 0 spiro atoms. The van der Waals surface area contributed by atoms with Crippen LogP contribution >= 0.6 is 11.8 Å². The molecule has 2 aromatic carbocycles. The van der Waals surface area contributed by atoms with Crippen LogP contribution in [0.25, 0.3) is 0 Å². The number of carbonyl (C=O) groups is 1. The Bertz CT molecular complexity index is 1430. The van der Waals surface area contributed by atoms with Crippen LogP contribution in [0.2, 0.25) is 0 Å². The molecule has 36 heavy (non-hydrogen) atoms. The maximum Gasteiger partial charge on any atom is 0.269 e. The second kappa shape index (κ2) is 9.62. The number of aromatic nitrogens is 2. The quantitative estimate of drug-likeness (QED) is 0.217. The highest BCUT2D eigenvalue weighted by Crippen LogP contribution is 2.43. The van der Waals surface area contributed by atoms with Crippen LogP contribution in [-0.2, 0) is 10.5 Å². The third kappa shape index (κ3) is 4.51. The number of nitrogens with zero attached hydrogens (tertiary/aromatic N) is 3. The van der Waals surface area contributed by atoms with Gasteiger partial charge in [-0.2, -0.15) is 0 Å². The number of ketones is 1. The largest absolute Gasteiger partial charge is 0.378 e. The molecule has 1 atom stereocenters. The van der Waals surface area contributed by atoms with Gasteiger partial charge in [0.1, 0.15) is 5.82 Å². The number of non-ortho nitro benzene ring substituents is 1. The minimum Gasteiger partial charge on any atom is -0.378 e. The van der Waals surface area contributed by atoms with Crippen molar-refractivity contribution in [3.05, 3.63) is 97.0 Å². The average Bonchev–Trinajstić information content (AvgIpc) is 2.86. The third-order valence-corrected chi connectivity index (χ3v) is 7.45. The van der Waals surface area contributed by atoms with Gasteiger partial charge in [0, 0.05) is 61.3 Å². The van der Waals surface area contributed by atoms with Crippen molar-refractivity contribution in [1.82, 2.24) is 9.97 Å². The Morgan fingerprint density at radius 1 is 1.08 bits per heavy atom. The van der Waals surface area contributed by atoms with Crippen LogP contribution in [0.4, 0.5) is 17.2 Å². The topological polar surface area (TPSA) is 121 Å². The van der Waals surface area contributed by atoms with E-state index in [2.05, 4.69) is 10.3 Å². The van der Waals surface area contributed by atoms with Crippen molar-refractivity contribution >= 4 is 34.7 Å². The first-order valence-corrected chi connectivity index (χ1v) is 12.6. The minimum absolute atomic E-state index is 0.0315. The Kier molecular flexibility index (Phi) is 6.36. The van der Waals surface area contributed by atoms with Crippen LogP contribution in [0.3, 0.4) is 0 Å². The van der Waals surface area contributed by atoms with E-state index >= 15 is 0 Å². The van der Waals surface area contributed by atoms with Gasteiger partial charge >= 0.3 is 0 Å². The fourth-order valence-corrected chi connectivity index (χ4v) is 5.49. The number of nitro groups is 1. The first-order valence-electron chi connectivity index (χ1n) is 11.6. The molecule has 0 saturated heterocycles. The second-order valence-corrected chi connectivity index (χ2v) is 10.0. The number of Topliss-reactive ketones (excluding diaryl/α,β-unsaturated/α-hetero) is 1. The van der Waals surface area contributed by atoms with Crippen molar-refractivity contribution in [1.29, 1.82) is 0 Å². The van der Waals surface area contributed by atoms with E-state index in [4.69, 9.17) is 4.98 Å². The number of benzene rings is 2. The number of rotatable bonds is 6. The molecular formula is C26H25N5O4S. The summed E-state index contributed by atoms with van der Waals surface area (Å²) < 4.78 is 0. The highest BCUT2D eigenvalue weighted by molar-refractivity contribution is 7.98. The van der Waals surface area contributed by atoms with Crippen LogP contribution in [0.1, 0.15) is 41.9 Å². The summed E-state index contributed by atoms with van der Waals surface area (Å²) in [7, 11) is 3.93. The molecule has 0 bridgehead atoms. The Morgan fingerprint density at radius 3 is 2.47 bits per heavy atom. The molecule has 0 saturated carbocycles. The number of hydrogen-bond donors (Lipinski definition) is 2. The number of thioether (sulfide) groups is 1. The van der Waals surface area contributed by atoms with Crippen molar-refractivity contribution in [2.45, 2.75) is 36.1 Å². The van der Waals surface area contributed by atoms with E-state index in [0.29, 0.717) is 34.3 Å². The van der Waals surface area contributed by atoms with Crippen molar-refractivity contribution in [3.8, 4) is 0 Å². The van der Waals surface area contributed by atoms with Gasteiger partial charge in [0.25, 0.3) is 11.2 Å². The number of allylic oxidation sites excluding steroid dienone is 2. The van der Waals surface area contributed by atoms with Crippen molar-refractivity contribution in [2.75, 3.05) is 24.3 Å². The zero-order valence-corrected chi connectivity index (χ0v) is 20.7. The molecule has 3 aromatic rings. The second-order valence-electron chi connectivity index (χ2n) is 9.06. The number of H-pyrrole nitrogens is 1. The van der Waals surface area contributed by atoms with Gasteiger partial charge in [0.15, 0.2) is 10.9 Å².